The highest BCUT2D eigenvalue weighted by Gasteiger charge is 2.33. The number of halogens is 1. The van der Waals surface area contributed by atoms with E-state index in [9.17, 15) is 14.4 Å². The summed E-state index contributed by atoms with van der Waals surface area (Å²) < 4.78 is 6.40. The Labute approximate surface area is 229 Å². The van der Waals surface area contributed by atoms with E-state index in [2.05, 4.69) is 15.9 Å². The molecule has 4 aromatic rings. The van der Waals surface area contributed by atoms with Gasteiger partial charge in [-0.2, -0.15) is 0 Å². The van der Waals surface area contributed by atoms with Gasteiger partial charge in [-0.25, -0.2) is 0 Å². The molecule has 0 aliphatic carbocycles. The summed E-state index contributed by atoms with van der Waals surface area (Å²) in [6, 6.07) is 24.0. The minimum atomic E-state index is -0.380. The van der Waals surface area contributed by atoms with Gasteiger partial charge in [-0.1, -0.05) is 64.5 Å². The maximum Gasteiger partial charge on any atom is 0.261 e. The third-order valence-corrected chi connectivity index (χ3v) is 7.29. The molecule has 6 nitrogen and oxygen atoms in total. The number of hydrogen-bond acceptors (Lipinski definition) is 4. The van der Waals surface area contributed by atoms with Crippen LogP contribution >= 0.6 is 15.9 Å². The fourth-order valence-corrected chi connectivity index (χ4v) is 5.16. The normalized spacial score (nSPS) is 12.9. The highest BCUT2D eigenvalue weighted by atomic mass is 79.9. The molecular formula is C31H25BrN2O4. The van der Waals surface area contributed by atoms with Crippen LogP contribution in [0, 0.1) is 6.92 Å². The minimum absolute atomic E-state index is 0.0194. The van der Waals surface area contributed by atoms with Gasteiger partial charge in [0.25, 0.3) is 17.7 Å². The van der Waals surface area contributed by atoms with Crippen LogP contribution < -0.4 is 9.64 Å². The van der Waals surface area contributed by atoms with Crippen LogP contribution in [0.15, 0.2) is 89.4 Å². The van der Waals surface area contributed by atoms with Gasteiger partial charge < -0.3 is 9.64 Å². The molecule has 190 valence electrons. The van der Waals surface area contributed by atoms with Crippen molar-refractivity contribution in [1.82, 2.24) is 4.90 Å². The van der Waals surface area contributed by atoms with Gasteiger partial charge in [0.2, 0.25) is 0 Å². The van der Waals surface area contributed by atoms with Crippen LogP contribution in [0.4, 0.5) is 5.69 Å². The summed E-state index contributed by atoms with van der Waals surface area (Å²) in [5.41, 5.74) is 3.36. The Balaban J connectivity index is 1.47. The predicted molar refractivity (Wildman–Crippen MR) is 153 cm³/mol. The molecule has 0 saturated carbocycles. The first-order valence-electron chi connectivity index (χ1n) is 12.2. The summed E-state index contributed by atoms with van der Waals surface area (Å²) in [6.45, 7) is 2.05. The molecule has 3 amide bonds. The monoisotopic (exact) mass is 568 g/mol. The molecule has 0 N–H and O–H groups in total. The van der Waals surface area contributed by atoms with Gasteiger partial charge in [0.1, 0.15) is 5.75 Å². The third kappa shape index (κ3) is 4.73. The van der Waals surface area contributed by atoms with Crippen LogP contribution in [0.2, 0.25) is 0 Å². The van der Waals surface area contributed by atoms with E-state index < -0.39 is 0 Å². The molecule has 1 heterocycles. The van der Waals surface area contributed by atoms with Gasteiger partial charge in [-0.15, -0.1) is 0 Å². The Morgan fingerprint density at radius 3 is 2.42 bits per heavy atom. The fraction of sp³-hybridized carbons (Fsp3) is 0.129. The van der Waals surface area contributed by atoms with Gasteiger partial charge in [-0.3, -0.25) is 19.3 Å². The number of benzene rings is 4. The summed E-state index contributed by atoms with van der Waals surface area (Å²) in [5, 5.41) is 1.46. The molecule has 0 fully saturated rings. The molecule has 0 radical (unpaired) electrons. The lowest BCUT2D eigenvalue weighted by molar-refractivity contribution is -0.114. The number of amides is 3. The Morgan fingerprint density at radius 2 is 1.68 bits per heavy atom. The highest BCUT2D eigenvalue weighted by Crippen LogP contribution is 2.35. The predicted octanol–water partition coefficient (Wildman–Crippen LogP) is 6.26. The standard InChI is InChI=1S/C31H25BrN2O4/c1-20-11-15-26(27(19-20)38-2)33(28(35)16-12-21-7-4-3-5-8-21)17-18-34-30(36)23-10-6-9-22-25(32)14-13-24(29(22)23)31(34)37/h3-16,19H,17-18H2,1-2H3/b16-12+. The number of aryl methyl sites for hydroxylation is 1. The molecule has 0 aromatic heterocycles. The lowest BCUT2D eigenvalue weighted by Gasteiger charge is -2.30. The molecule has 1 aliphatic rings. The van der Waals surface area contributed by atoms with Gasteiger partial charge in [0.15, 0.2) is 0 Å². The van der Waals surface area contributed by atoms with E-state index in [0.717, 1.165) is 21.0 Å². The summed E-state index contributed by atoms with van der Waals surface area (Å²) in [7, 11) is 1.55. The maximum atomic E-state index is 13.5. The number of hydrogen-bond donors (Lipinski definition) is 0. The molecule has 0 spiro atoms. The van der Waals surface area contributed by atoms with E-state index in [1.54, 1.807) is 31.4 Å². The molecule has 0 unspecified atom stereocenters. The number of carbonyl (C=O) groups excluding carboxylic acids is 3. The Kier molecular flexibility index (Phi) is 7.11. The number of anilines is 1. The van der Waals surface area contributed by atoms with Gasteiger partial charge in [0.05, 0.1) is 12.8 Å². The number of methoxy groups -OCH3 is 1. The SMILES string of the molecule is COc1cc(C)ccc1N(CCN1C(=O)c2cccc3c(Br)ccc(c23)C1=O)C(=O)/C=C/c1ccccc1. The maximum absolute atomic E-state index is 13.5. The van der Waals surface area contributed by atoms with Crippen molar-refractivity contribution in [3.8, 4) is 5.75 Å². The Morgan fingerprint density at radius 1 is 0.947 bits per heavy atom. The summed E-state index contributed by atoms with van der Waals surface area (Å²) in [6.07, 6.45) is 3.23. The molecule has 7 heteroatoms. The Bertz CT molecular complexity index is 1570. The van der Waals surface area contributed by atoms with Crippen molar-refractivity contribution in [2.75, 3.05) is 25.1 Å². The second-order valence-corrected chi connectivity index (χ2v) is 9.85. The van der Waals surface area contributed by atoms with Crippen LogP contribution in [0.1, 0.15) is 31.8 Å². The first-order chi connectivity index (χ1) is 18.4. The third-order valence-electron chi connectivity index (χ3n) is 6.60. The Hall–Kier alpha value is -4.23. The van der Waals surface area contributed by atoms with Crippen LogP contribution in [0.25, 0.3) is 16.8 Å². The largest absolute Gasteiger partial charge is 0.495 e. The number of nitrogens with zero attached hydrogens (tertiary/aromatic N) is 2. The summed E-state index contributed by atoms with van der Waals surface area (Å²) in [4.78, 5) is 43.2. The minimum Gasteiger partial charge on any atom is -0.495 e. The van der Waals surface area contributed by atoms with Crippen LogP contribution in [-0.4, -0.2) is 42.8 Å². The molecule has 1 aliphatic heterocycles. The van der Waals surface area contributed by atoms with E-state index in [1.807, 2.05) is 67.6 Å². The van der Waals surface area contributed by atoms with Crippen molar-refractivity contribution in [3.63, 3.8) is 0 Å². The zero-order chi connectivity index (χ0) is 26.8. The van der Waals surface area contributed by atoms with Crippen molar-refractivity contribution in [2.45, 2.75) is 6.92 Å². The van der Waals surface area contributed by atoms with Crippen LogP contribution in [0.5, 0.6) is 5.75 Å². The smallest absolute Gasteiger partial charge is 0.261 e. The van der Waals surface area contributed by atoms with E-state index in [-0.39, 0.29) is 30.8 Å². The van der Waals surface area contributed by atoms with Crippen molar-refractivity contribution >= 4 is 56.2 Å². The highest BCUT2D eigenvalue weighted by molar-refractivity contribution is 9.10. The molecule has 4 aromatic carbocycles. The zero-order valence-corrected chi connectivity index (χ0v) is 22.6. The number of ether oxygens (including phenoxy) is 1. The van der Waals surface area contributed by atoms with Crippen molar-refractivity contribution in [3.05, 3.63) is 112 Å². The molecule has 0 saturated heterocycles. The molecule has 0 bridgehead atoms. The average Bonchev–Trinajstić information content (AvgIpc) is 2.94. The second-order valence-electron chi connectivity index (χ2n) is 8.99. The molecular weight excluding hydrogens is 544 g/mol. The number of rotatable bonds is 7. The number of imide groups is 1. The topological polar surface area (TPSA) is 66.9 Å². The number of carbonyl (C=O) groups is 3. The fourth-order valence-electron chi connectivity index (χ4n) is 4.69. The lowest BCUT2D eigenvalue weighted by Crippen LogP contribution is -2.45. The second kappa shape index (κ2) is 10.6. The van der Waals surface area contributed by atoms with E-state index in [4.69, 9.17) is 4.74 Å². The van der Waals surface area contributed by atoms with E-state index in [0.29, 0.717) is 28.0 Å². The first-order valence-corrected chi connectivity index (χ1v) is 12.9. The van der Waals surface area contributed by atoms with Crippen molar-refractivity contribution < 1.29 is 19.1 Å². The van der Waals surface area contributed by atoms with Gasteiger partial charge in [0, 0.05) is 40.2 Å². The van der Waals surface area contributed by atoms with E-state index in [1.165, 1.54) is 15.9 Å². The molecule has 38 heavy (non-hydrogen) atoms. The zero-order valence-electron chi connectivity index (χ0n) is 21.0. The lowest BCUT2D eigenvalue weighted by atomic mass is 9.94. The first kappa shape index (κ1) is 25.4. The summed E-state index contributed by atoms with van der Waals surface area (Å²) >= 11 is 3.52. The molecule has 5 rings (SSSR count). The van der Waals surface area contributed by atoms with Gasteiger partial charge in [-0.05, 0) is 59.8 Å². The summed E-state index contributed by atoms with van der Waals surface area (Å²) in [5.74, 6) is -0.523. The molecule has 0 atom stereocenters. The van der Waals surface area contributed by atoms with Crippen LogP contribution in [0.3, 0.4) is 0 Å². The van der Waals surface area contributed by atoms with Crippen molar-refractivity contribution in [2.24, 2.45) is 0 Å². The van der Waals surface area contributed by atoms with E-state index >= 15 is 0 Å². The van der Waals surface area contributed by atoms with Gasteiger partial charge >= 0.3 is 0 Å². The van der Waals surface area contributed by atoms with Crippen molar-refractivity contribution in [1.29, 1.82) is 0 Å². The quantitative estimate of drug-likeness (QED) is 0.195. The van der Waals surface area contributed by atoms with Crippen LogP contribution in [-0.2, 0) is 4.79 Å². The average molecular weight is 569 g/mol.